The lowest BCUT2D eigenvalue weighted by atomic mass is 9.78. The molecule has 8 heteroatoms. The second-order valence-corrected chi connectivity index (χ2v) is 8.51. The number of ether oxygens (including phenoxy) is 1. The van der Waals surface area contributed by atoms with Gasteiger partial charge < -0.3 is 19.9 Å². The van der Waals surface area contributed by atoms with Crippen LogP contribution in [0.4, 0.5) is 0 Å². The standard InChI is InChI=1S/C19H34N6O.HI/c1-19(2,3)17-14(8-7-11-26-17)12-21-18(20-4)22-13-16-24-23-15-9-5-6-10-25(15)16;/h14,17H,5-13H2,1-4H3,(H2,20,21,22);1H. The lowest BCUT2D eigenvalue weighted by Gasteiger charge is -2.40. The van der Waals surface area contributed by atoms with Gasteiger partial charge in [-0.25, -0.2) is 0 Å². The van der Waals surface area contributed by atoms with E-state index in [-0.39, 0.29) is 35.5 Å². The van der Waals surface area contributed by atoms with Gasteiger partial charge in [0.15, 0.2) is 11.8 Å². The fourth-order valence-electron chi connectivity index (χ4n) is 4.12. The monoisotopic (exact) mass is 490 g/mol. The Kier molecular flexibility index (Phi) is 8.33. The second kappa shape index (κ2) is 10.0. The number of aryl methyl sites for hydroxylation is 1. The highest BCUT2D eigenvalue weighted by atomic mass is 127. The van der Waals surface area contributed by atoms with Gasteiger partial charge in [0.2, 0.25) is 0 Å². The van der Waals surface area contributed by atoms with Crippen molar-refractivity contribution in [1.82, 2.24) is 25.4 Å². The molecular formula is C19H35IN6O. The molecule has 27 heavy (non-hydrogen) atoms. The minimum atomic E-state index is 0. The minimum Gasteiger partial charge on any atom is -0.377 e. The van der Waals surface area contributed by atoms with Crippen LogP contribution in [0.1, 0.15) is 58.1 Å². The first-order chi connectivity index (χ1) is 12.5. The number of guanidine groups is 1. The summed E-state index contributed by atoms with van der Waals surface area (Å²) in [4.78, 5) is 4.37. The summed E-state index contributed by atoms with van der Waals surface area (Å²) < 4.78 is 8.32. The Morgan fingerprint density at radius 2 is 2.04 bits per heavy atom. The topological polar surface area (TPSA) is 76.4 Å². The van der Waals surface area contributed by atoms with Crippen molar-refractivity contribution in [3.8, 4) is 0 Å². The first-order valence-electron chi connectivity index (χ1n) is 9.96. The van der Waals surface area contributed by atoms with E-state index in [1.54, 1.807) is 0 Å². The highest BCUT2D eigenvalue weighted by molar-refractivity contribution is 14.0. The number of hydrogen-bond acceptors (Lipinski definition) is 4. The van der Waals surface area contributed by atoms with Crippen LogP contribution in [0.3, 0.4) is 0 Å². The fraction of sp³-hybridized carbons (Fsp3) is 0.842. The number of nitrogens with one attached hydrogen (secondary N) is 2. The van der Waals surface area contributed by atoms with Gasteiger partial charge in [-0.15, -0.1) is 34.2 Å². The van der Waals surface area contributed by atoms with Crippen molar-refractivity contribution in [2.75, 3.05) is 20.2 Å². The van der Waals surface area contributed by atoms with Gasteiger partial charge in [-0.3, -0.25) is 4.99 Å². The predicted molar refractivity (Wildman–Crippen MR) is 118 cm³/mol. The molecule has 7 nitrogen and oxygen atoms in total. The van der Waals surface area contributed by atoms with Crippen molar-refractivity contribution in [1.29, 1.82) is 0 Å². The van der Waals surface area contributed by atoms with E-state index in [0.717, 1.165) is 50.1 Å². The van der Waals surface area contributed by atoms with E-state index in [9.17, 15) is 0 Å². The molecule has 2 N–H and O–H groups in total. The molecule has 3 rings (SSSR count). The summed E-state index contributed by atoms with van der Waals surface area (Å²) in [6.07, 6.45) is 6.08. The van der Waals surface area contributed by atoms with Crippen LogP contribution in [0, 0.1) is 11.3 Å². The summed E-state index contributed by atoms with van der Waals surface area (Å²) in [5.41, 5.74) is 0.157. The molecule has 1 aromatic heterocycles. The van der Waals surface area contributed by atoms with Gasteiger partial charge in [0.05, 0.1) is 12.6 Å². The molecule has 2 aliphatic rings. The van der Waals surface area contributed by atoms with E-state index in [1.165, 1.54) is 19.3 Å². The molecule has 0 radical (unpaired) electrons. The van der Waals surface area contributed by atoms with E-state index >= 15 is 0 Å². The van der Waals surface area contributed by atoms with Crippen LogP contribution in [0.5, 0.6) is 0 Å². The molecule has 0 aliphatic carbocycles. The number of nitrogens with zero attached hydrogens (tertiary/aromatic N) is 4. The SMILES string of the molecule is CN=C(NCc1nnc2n1CCCC2)NCC1CCCOC1C(C)(C)C.I. The van der Waals surface area contributed by atoms with E-state index in [1.807, 2.05) is 7.05 Å². The number of aliphatic imine (C=N–C) groups is 1. The summed E-state index contributed by atoms with van der Waals surface area (Å²) >= 11 is 0. The van der Waals surface area contributed by atoms with Crippen LogP contribution in [0.25, 0.3) is 0 Å². The highest BCUT2D eigenvalue weighted by Crippen LogP contribution is 2.33. The maximum atomic E-state index is 6.08. The molecular weight excluding hydrogens is 455 g/mol. The van der Waals surface area contributed by atoms with Crippen molar-refractivity contribution >= 4 is 29.9 Å². The van der Waals surface area contributed by atoms with E-state index < -0.39 is 0 Å². The lowest BCUT2D eigenvalue weighted by Crippen LogP contribution is -2.47. The first kappa shape index (κ1) is 22.4. The van der Waals surface area contributed by atoms with Crippen LogP contribution in [-0.4, -0.2) is 47.0 Å². The minimum absolute atomic E-state index is 0. The zero-order chi connectivity index (χ0) is 18.6. The van der Waals surface area contributed by atoms with Crippen LogP contribution in [0.2, 0.25) is 0 Å². The number of aromatic nitrogens is 3. The van der Waals surface area contributed by atoms with Crippen LogP contribution in [-0.2, 0) is 24.2 Å². The van der Waals surface area contributed by atoms with Crippen molar-refractivity contribution in [2.45, 2.75) is 72.1 Å². The smallest absolute Gasteiger partial charge is 0.191 e. The Bertz CT molecular complexity index is 624. The maximum Gasteiger partial charge on any atom is 0.191 e. The molecule has 2 unspecified atom stereocenters. The number of halogens is 1. The van der Waals surface area contributed by atoms with Gasteiger partial charge in [-0.2, -0.15) is 0 Å². The van der Waals surface area contributed by atoms with Gasteiger partial charge in [-0.05, 0) is 31.1 Å². The predicted octanol–water partition coefficient (Wildman–Crippen LogP) is 2.74. The summed E-state index contributed by atoms with van der Waals surface area (Å²) in [5, 5.41) is 15.5. The quantitative estimate of drug-likeness (QED) is 0.386. The molecule has 154 valence electrons. The van der Waals surface area contributed by atoms with E-state index in [0.29, 0.717) is 12.5 Å². The molecule has 1 saturated heterocycles. The number of hydrogen-bond donors (Lipinski definition) is 2. The summed E-state index contributed by atoms with van der Waals surface area (Å²) in [6.45, 7) is 10.2. The van der Waals surface area contributed by atoms with Crippen molar-refractivity contribution < 1.29 is 4.74 Å². The average Bonchev–Trinajstić information content (AvgIpc) is 3.05. The lowest BCUT2D eigenvalue weighted by molar-refractivity contribution is -0.0835. The maximum absolute atomic E-state index is 6.08. The molecule has 3 heterocycles. The van der Waals surface area contributed by atoms with Gasteiger partial charge >= 0.3 is 0 Å². The molecule has 1 fully saturated rings. The molecule has 2 atom stereocenters. The van der Waals surface area contributed by atoms with Gasteiger partial charge in [0, 0.05) is 39.1 Å². The molecule has 0 spiro atoms. The Morgan fingerprint density at radius 1 is 1.22 bits per heavy atom. The van der Waals surface area contributed by atoms with Crippen LogP contribution >= 0.6 is 24.0 Å². The Labute approximate surface area is 180 Å². The fourth-order valence-corrected chi connectivity index (χ4v) is 4.12. The molecule has 0 saturated carbocycles. The van der Waals surface area contributed by atoms with E-state index in [2.05, 4.69) is 51.2 Å². The summed E-state index contributed by atoms with van der Waals surface area (Å²) in [5.74, 6) is 3.43. The molecule has 1 aromatic rings. The third-order valence-corrected chi connectivity index (χ3v) is 5.40. The third-order valence-electron chi connectivity index (χ3n) is 5.40. The van der Waals surface area contributed by atoms with Crippen LogP contribution < -0.4 is 10.6 Å². The Hall–Kier alpha value is -0.900. The van der Waals surface area contributed by atoms with Gasteiger partial charge in [-0.1, -0.05) is 20.8 Å². The van der Waals surface area contributed by atoms with Crippen molar-refractivity contribution in [3.05, 3.63) is 11.6 Å². The molecule has 0 bridgehead atoms. The average molecular weight is 490 g/mol. The molecule has 2 aliphatic heterocycles. The number of fused-ring (bicyclic) bond motifs is 1. The van der Waals surface area contributed by atoms with Crippen LogP contribution in [0.15, 0.2) is 4.99 Å². The normalized spacial score (nSPS) is 23.3. The van der Waals surface area contributed by atoms with Gasteiger partial charge in [0.1, 0.15) is 5.82 Å². The molecule has 0 aromatic carbocycles. The van der Waals surface area contributed by atoms with Crippen molar-refractivity contribution in [2.24, 2.45) is 16.3 Å². The first-order valence-corrected chi connectivity index (χ1v) is 9.96. The zero-order valence-electron chi connectivity index (χ0n) is 17.1. The molecule has 0 amide bonds. The van der Waals surface area contributed by atoms with Gasteiger partial charge in [0.25, 0.3) is 0 Å². The third kappa shape index (κ3) is 5.79. The Balaban J connectivity index is 0.00000261. The zero-order valence-corrected chi connectivity index (χ0v) is 19.5. The summed E-state index contributed by atoms with van der Waals surface area (Å²) in [7, 11) is 1.81. The van der Waals surface area contributed by atoms with E-state index in [4.69, 9.17) is 4.74 Å². The summed E-state index contributed by atoms with van der Waals surface area (Å²) in [6, 6.07) is 0. The largest absolute Gasteiger partial charge is 0.377 e. The van der Waals surface area contributed by atoms with Crippen molar-refractivity contribution in [3.63, 3.8) is 0 Å². The second-order valence-electron chi connectivity index (χ2n) is 8.51. The highest BCUT2D eigenvalue weighted by Gasteiger charge is 2.35. The Morgan fingerprint density at radius 3 is 2.78 bits per heavy atom. The number of rotatable bonds is 4.